The van der Waals surface area contributed by atoms with Gasteiger partial charge in [-0.2, -0.15) is 5.26 Å². The molecule has 0 fully saturated rings. The van der Waals surface area contributed by atoms with Gasteiger partial charge in [0.15, 0.2) is 0 Å². The van der Waals surface area contributed by atoms with Gasteiger partial charge in [0, 0.05) is 15.6 Å². The maximum atomic E-state index is 12.6. The second kappa shape index (κ2) is 9.15. The summed E-state index contributed by atoms with van der Waals surface area (Å²) < 4.78 is 30.9. The third kappa shape index (κ3) is 5.18. The molecule has 0 radical (unpaired) electrons. The number of sulfone groups is 1. The van der Waals surface area contributed by atoms with Crippen LogP contribution >= 0.6 is 23.2 Å². The summed E-state index contributed by atoms with van der Waals surface area (Å²) in [6, 6.07) is 21.5. The number of nitriles is 1. The molecule has 146 valence electrons. The minimum Gasteiger partial charge on any atom is -0.489 e. The topological polar surface area (TPSA) is 67.2 Å². The van der Waals surface area contributed by atoms with Crippen LogP contribution in [0.5, 0.6) is 5.75 Å². The molecule has 0 aromatic heterocycles. The fourth-order valence-electron chi connectivity index (χ4n) is 2.51. The van der Waals surface area contributed by atoms with Gasteiger partial charge >= 0.3 is 0 Å². The van der Waals surface area contributed by atoms with Crippen molar-refractivity contribution < 1.29 is 13.2 Å². The Hall–Kier alpha value is -2.78. The summed E-state index contributed by atoms with van der Waals surface area (Å²) in [6.07, 6.45) is 1.34. The minimum absolute atomic E-state index is 0.0765. The van der Waals surface area contributed by atoms with Crippen molar-refractivity contribution in [2.75, 3.05) is 0 Å². The Kier molecular flexibility index (Phi) is 6.60. The Labute approximate surface area is 179 Å². The molecule has 0 amide bonds. The Morgan fingerprint density at radius 2 is 1.69 bits per heavy atom. The van der Waals surface area contributed by atoms with Crippen molar-refractivity contribution in [3.8, 4) is 11.8 Å². The van der Waals surface area contributed by atoms with Crippen LogP contribution < -0.4 is 4.74 Å². The fourth-order valence-corrected chi connectivity index (χ4v) is 4.15. The Morgan fingerprint density at radius 3 is 2.31 bits per heavy atom. The largest absolute Gasteiger partial charge is 0.489 e. The van der Waals surface area contributed by atoms with E-state index in [4.69, 9.17) is 27.9 Å². The van der Waals surface area contributed by atoms with Crippen LogP contribution in [-0.2, 0) is 16.4 Å². The Bertz CT molecular complexity index is 1180. The normalized spacial score (nSPS) is 11.7. The molecule has 0 saturated carbocycles. The van der Waals surface area contributed by atoms with Crippen LogP contribution in [0.15, 0.2) is 82.6 Å². The molecule has 0 saturated heterocycles. The van der Waals surface area contributed by atoms with Crippen LogP contribution in [0.25, 0.3) is 6.08 Å². The van der Waals surface area contributed by atoms with E-state index in [9.17, 15) is 13.7 Å². The lowest BCUT2D eigenvalue weighted by Gasteiger charge is -2.08. The van der Waals surface area contributed by atoms with Gasteiger partial charge in [-0.25, -0.2) is 8.42 Å². The Morgan fingerprint density at radius 1 is 1.00 bits per heavy atom. The highest BCUT2D eigenvalue weighted by Gasteiger charge is 2.20. The summed E-state index contributed by atoms with van der Waals surface area (Å²) in [4.78, 5) is -0.252. The van der Waals surface area contributed by atoms with Crippen molar-refractivity contribution in [1.82, 2.24) is 0 Å². The number of nitrogens with zero attached hydrogens (tertiary/aromatic N) is 1. The van der Waals surface area contributed by atoms with Crippen LogP contribution in [0, 0.1) is 11.3 Å². The summed E-state index contributed by atoms with van der Waals surface area (Å²) >= 11 is 12.0. The second-order valence-corrected chi connectivity index (χ2v) is 8.79. The molecule has 0 aliphatic rings. The van der Waals surface area contributed by atoms with E-state index in [0.29, 0.717) is 21.4 Å². The maximum absolute atomic E-state index is 12.6. The fraction of sp³-hybridized carbons (Fsp3) is 0.0455. The number of hydrogen-bond donors (Lipinski definition) is 0. The third-order valence-electron chi connectivity index (χ3n) is 4.04. The molecule has 7 heteroatoms. The zero-order chi connectivity index (χ0) is 20.9. The average molecular weight is 444 g/mol. The highest BCUT2D eigenvalue weighted by Crippen LogP contribution is 2.24. The molecular weight excluding hydrogens is 429 g/mol. The molecule has 0 N–H and O–H groups in total. The molecule has 29 heavy (non-hydrogen) atoms. The van der Waals surface area contributed by atoms with Crippen molar-refractivity contribution in [2.24, 2.45) is 0 Å². The highest BCUT2D eigenvalue weighted by atomic mass is 35.5. The van der Waals surface area contributed by atoms with E-state index in [-0.39, 0.29) is 16.4 Å². The summed E-state index contributed by atoms with van der Waals surface area (Å²) in [5, 5.41) is 10.4. The van der Waals surface area contributed by atoms with Crippen LogP contribution in [-0.4, -0.2) is 8.42 Å². The predicted octanol–water partition coefficient (Wildman–Crippen LogP) is 5.91. The minimum atomic E-state index is -3.87. The van der Waals surface area contributed by atoms with Crippen molar-refractivity contribution in [1.29, 1.82) is 5.26 Å². The van der Waals surface area contributed by atoms with E-state index in [1.54, 1.807) is 66.7 Å². The van der Waals surface area contributed by atoms with Gasteiger partial charge in [-0.1, -0.05) is 59.6 Å². The lowest BCUT2D eigenvalue weighted by atomic mass is 10.2. The van der Waals surface area contributed by atoms with Crippen molar-refractivity contribution in [3.05, 3.63) is 98.9 Å². The molecule has 0 unspecified atom stereocenters. The quantitative estimate of drug-likeness (QED) is 0.444. The molecular formula is C22H15Cl2NO3S. The van der Waals surface area contributed by atoms with E-state index in [2.05, 4.69) is 0 Å². The van der Waals surface area contributed by atoms with E-state index in [0.717, 1.165) is 5.56 Å². The molecule has 0 spiro atoms. The van der Waals surface area contributed by atoms with Gasteiger partial charge < -0.3 is 4.74 Å². The van der Waals surface area contributed by atoms with E-state index >= 15 is 0 Å². The molecule has 3 rings (SSSR count). The van der Waals surface area contributed by atoms with Crippen molar-refractivity contribution >= 4 is 39.1 Å². The summed E-state index contributed by atoms with van der Waals surface area (Å²) in [5.41, 5.74) is 1.36. The Balaban J connectivity index is 1.76. The highest BCUT2D eigenvalue weighted by molar-refractivity contribution is 7.95. The van der Waals surface area contributed by atoms with Crippen LogP contribution in [0.1, 0.15) is 11.1 Å². The molecule has 3 aromatic carbocycles. The predicted molar refractivity (Wildman–Crippen MR) is 114 cm³/mol. The number of hydrogen-bond acceptors (Lipinski definition) is 4. The molecule has 0 aliphatic heterocycles. The average Bonchev–Trinajstić information content (AvgIpc) is 2.73. The van der Waals surface area contributed by atoms with Gasteiger partial charge in [0.05, 0.1) is 4.90 Å². The van der Waals surface area contributed by atoms with Gasteiger partial charge in [0.25, 0.3) is 0 Å². The summed E-state index contributed by atoms with van der Waals surface area (Å²) in [6.45, 7) is 0.261. The molecule has 3 aromatic rings. The first-order valence-electron chi connectivity index (χ1n) is 8.49. The maximum Gasteiger partial charge on any atom is 0.216 e. The molecule has 0 aliphatic carbocycles. The number of rotatable bonds is 6. The van der Waals surface area contributed by atoms with Crippen molar-refractivity contribution in [2.45, 2.75) is 11.5 Å². The number of ether oxygens (including phenoxy) is 1. The van der Waals surface area contributed by atoms with Crippen LogP contribution in [0.4, 0.5) is 0 Å². The first-order chi connectivity index (χ1) is 13.9. The van der Waals surface area contributed by atoms with Crippen molar-refractivity contribution in [3.63, 3.8) is 0 Å². The third-order valence-corrected chi connectivity index (χ3v) is 6.31. The van der Waals surface area contributed by atoms with Crippen LogP contribution in [0.3, 0.4) is 0 Å². The van der Waals surface area contributed by atoms with Crippen LogP contribution in [0.2, 0.25) is 10.0 Å². The zero-order valence-corrected chi connectivity index (χ0v) is 17.4. The monoisotopic (exact) mass is 443 g/mol. The van der Waals surface area contributed by atoms with Gasteiger partial charge in [-0.15, -0.1) is 0 Å². The van der Waals surface area contributed by atoms with E-state index < -0.39 is 9.84 Å². The SMILES string of the molecule is N#CC(=Cc1ccc(OCc2ccc(Cl)cc2Cl)cc1)S(=O)(=O)c1ccccc1. The first kappa shape index (κ1) is 20.9. The number of allylic oxidation sites excluding steroid dienone is 1. The lowest BCUT2D eigenvalue weighted by Crippen LogP contribution is -2.03. The number of halogens is 2. The van der Waals surface area contributed by atoms with E-state index in [1.165, 1.54) is 18.2 Å². The lowest BCUT2D eigenvalue weighted by molar-refractivity contribution is 0.306. The summed E-state index contributed by atoms with van der Waals surface area (Å²) in [7, 11) is -3.87. The van der Waals surface area contributed by atoms with Gasteiger partial charge in [0.2, 0.25) is 9.84 Å². The zero-order valence-electron chi connectivity index (χ0n) is 15.0. The molecule has 4 nitrogen and oxygen atoms in total. The summed E-state index contributed by atoms with van der Waals surface area (Å²) in [5.74, 6) is 0.581. The first-order valence-corrected chi connectivity index (χ1v) is 10.7. The standard InChI is InChI=1S/C22H15Cl2NO3S/c23-18-9-8-17(22(24)13-18)15-28-19-10-6-16(7-11-19)12-21(14-25)29(26,27)20-4-2-1-3-5-20/h1-13H,15H2. The van der Waals surface area contributed by atoms with Gasteiger partial charge in [-0.3, -0.25) is 0 Å². The number of benzene rings is 3. The smallest absolute Gasteiger partial charge is 0.216 e. The van der Waals surface area contributed by atoms with Gasteiger partial charge in [0.1, 0.15) is 23.3 Å². The molecule has 0 heterocycles. The molecule has 0 bridgehead atoms. The molecule has 0 atom stereocenters. The second-order valence-electron chi connectivity index (χ2n) is 6.03. The van der Waals surface area contributed by atoms with Gasteiger partial charge in [-0.05, 0) is 48.0 Å². The van der Waals surface area contributed by atoms with E-state index in [1.807, 2.05) is 0 Å².